The third-order valence-electron chi connectivity index (χ3n) is 3.01. The third kappa shape index (κ3) is 1.38. The van der Waals surface area contributed by atoms with Crippen LogP contribution in [0.4, 0.5) is 0 Å². The van der Waals surface area contributed by atoms with Gasteiger partial charge in [-0.25, -0.2) is 9.50 Å². The van der Waals surface area contributed by atoms with Gasteiger partial charge in [0.2, 0.25) is 0 Å². The minimum absolute atomic E-state index is 0.0680. The van der Waals surface area contributed by atoms with Gasteiger partial charge in [0.25, 0.3) is 0 Å². The highest BCUT2D eigenvalue weighted by molar-refractivity contribution is 9.10. The van der Waals surface area contributed by atoms with Crippen LogP contribution in [-0.2, 0) is 5.41 Å². The molecule has 0 atom stereocenters. The molecule has 2 aromatic heterocycles. The summed E-state index contributed by atoms with van der Waals surface area (Å²) < 4.78 is 2.80. The number of pyridine rings is 1. The van der Waals surface area contributed by atoms with E-state index in [1.165, 1.54) is 0 Å². The zero-order chi connectivity index (χ0) is 10.5. The highest BCUT2D eigenvalue weighted by atomic mass is 79.9. The van der Waals surface area contributed by atoms with Gasteiger partial charge in [0, 0.05) is 22.6 Å². The standard InChI is InChI=1S/C10H11BrN4/c11-7-1-2-8-13-9(14-15(8)5-7)10(6-12)3-4-10/h1-2,5H,3-4,6,12H2. The molecule has 2 aromatic rings. The Morgan fingerprint density at radius 3 is 2.93 bits per heavy atom. The maximum Gasteiger partial charge on any atom is 0.159 e. The fraction of sp³-hybridized carbons (Fsp3) is 0.400. The normalized spacial score (nSPS) is 18.3. The molecule has 0 saturated heterocycles. The van der Waals surface area contributed by atoms with Crippen LogP contribution < -0.4 is 5.73 Å². The van der Waals surface area contributed by atoms with Crippen molar-refractivity contribution in [3.05, 3.63) is 28.6 Å². The van der Waals surface area contributed by atoms with Crippen LogP contribution >= 0.6 is 15.9 Å². The quantitative estimate of drug-likeness (QED) is 0.896. The van der Waals surface area contributed by atoms with Gasteiger partial charge in [0.05, 0.1) is 0 Å². The number of fused-ring (bicyclic) bond motifs is 1. The molecule has 0 unspecified atom stereocenters. The lowest BCUT2D eigenvalue weighted by molar-refractivity contribution is 0.647. The summed E-state index contributed by atoms with van der Waals surface area (Å²) in [5, 5.41) is 4.47. The summed E-state index contributed by atoms with van der Waals surface area (Å²) in [7, 11) is 0. The van der Waals surface area contributed by atoms with E-state index in [4.69, 9.17) is 5.73 Å². The van der Waals surface area contributed by atoms with Crippen molar-refractivity contribution < 1.29 is 0 Å². The SMILES string of the molecule is NCC1(c2nc3ccc(Br)cn3n2)CC1. The van der Waals surface area contributed by atoms with Gasteiger partial charge in [-0.1, -0.05) is 0 Å². The lowest BCUT2D eigenvalue weighted by Crippen LogP contribution is -2.21. The van der Waals surface area contributed by atoms with E-state index in [-0.39, 0.29) is 5.41 Å². The third-order valence-corrected chi connectivity index (χ3v) is 3.48. The first-order valence-electron chi connectivity index (χ1n) is 4.96. The zero-order valence-corrected chi connectivity index (χ0v) is 9.74. The van der Waals surface area contributed by atoms with E-state index >= 15 is 0 Å². The van der Waals surface area contributed by atoms with Crippen molar-refractivity contribution in [1.82, 2.24) is 14.6 Å². The number of rotatable bonds is 2. The Morgan fingerprint density at radius 2 is 2.27 bits per heavy atom. The molecule has 3 rings (SSSR count). The number of nitrogens with two attached hydrogens (primary N) is 1. The van der Waals surface area contributed by atoms with Gasteiger partial charge >= 0.3 is 0 Å². The van der Waals surface area contributed by atoms with E-state index in [0.29, 0.717) is 6.54 Å². The summed E-state index contributed by atoms with van der Waals surface area (Å²) in [6, 6.07) is 3.92. The van der Waals surface area contributed by atoms with Crippen LogP contribution in [0.3, 0.4) is 0 Å². The molecule has 2 N–H and O–H groups in total. The second-order valence-corrected chi connectivity index (χ2v) is 4.99. The summed E-state index contributed by atoms with van der Waals surface area (Å²) in [5.74, 6) is 0.892. The van der Waals surface area contributed by atoms with E-state index in [2.05, 4.69) is 26.0 Å². The first-order chi connectivity index (χ1) is 7.23. The van der Waals surface area contributed by atoms with Gasteiger partial charge in [-0.2, -0.15) is 5.10 Å². The van der Waals surface area contributed by atoms with Crippen LogP contribution in [0, 0.1) is 0 Å². The average molecular weight is 267 g/mol. The number of halogens is 1. The predicted molar refractivity (Wildman–Crippen MR) is 60.7 cm³/mol. The number of hydrogen-bond acceptors (Lipinski definition) is 3. The Labute approximate surface area is 95.6 Å². The minimum atomic E-state index is 0.0680. The Bertz CT molecular complexity index is 515. The molecule has 1 fully saturated rings. The first kappa shape index (κ1) is 9.30. The zero-order valence-electron chi connectivity index (χ0n) is 8.15. The van der Waals surface area contributed by atoms with Crippen molar-refractivity contribution in [2.24, 2.45) is 5.73 Å². The molecule has 0 aliphatic heterocycles. The fourth-order valence-electron chi connectivity index (χ4n) is 1.75. The Balaban J connectivity index is 2.14. The lowest BCUT2D eigenvalue weighted by atomic mass is 10.1. The fourth-order valence-corrected chi connectivity index (χ4v) is 2.08. The average Bonchev–Trinajstić information content (AvgIpc) is 2.93. The Kier molecular flexibility index (Phi) is 1.87. The molecule has 2 heterocycles. The number of nitrogens with zero attached hydrogens (tertiary/aromatic N) is 3. The van der Waals surface area contributed by atoms with Gasteiger partial charge in [0.15, 0.2) is 11.5 Å². The summed E-state index contributed by atoms with van der Waals surface area (Å²) >= 11 is 3.41. The second kappa shape index (κ2) is 3.02. The molecule has 5 heteroatoms. The van der Waals surface area contributed by atoms with Crippen molar-refractivity contribution in [3.63, 3.8) is 0 Å². The summed E-state index contributed by atoms with van der Waals surface area (Å²) in [6.07, 6.45) is 4.14. The van der Waals surface area contributed by atoms with Gasteiger partial charge in [-0.05, 0) is 40.9 Å². The van der Waals surface area contributed by atoms with E-state index in [9.17, 15) is 0 Å². The molecular formula is C10H11BrN4. The second-order valence-electron chi connectivity index (χ2n) is 4.07. The van der Waals surface area contributed by atoms with Crippen LogP contribution in [0.2, 0.25) is 0 Å². The molecule has 4 nitrogen and oxygen atoms in total. The molecule has 1 aliphatic carbocycles. The molecule has 1 saturated carbocycles. The lowest BCUT2D eigenvalue weighted by Gasteiger charge is -2.04. The number of hydrogen-bond donors (Lipinski definition) is 1. The van der Waals surface area contributed by atoms with Gasteiger partial charge in [0.1, 0.15) is 0 Å². The van der Waals surface area contributed by atoms with Crippen molar-refractivity contribution >= 4 is 21.6 Å². The summed E-state index contributed by atoms with van der Waals surface area (Å²) in [6.45, 7) is 0.644. The van der Waals surface area contributed by atoms with E-state index in [1.54, 1.807) is 4.52 Å². The molecule has 0 amide bonds. The smallest absolute Gasteiger partial charge is 0.159 e. The molecule has 0 bridgehead atoms. The van der Waals surface area contributed by atoms with E-state index in [1.807, 2.05) is 18.3 Å². The largest absolute Gasteiger partial charge is 0.329 e. The summed E-state index contributed by atoms with van der Waals surface area (Å²) in [5.41, 5.74) is 6.70. The van der Waals surface area contributed by atoms with Crippen molar-refractivity contribution in [3.8, 4) is 0 Å². The van der Waals surface area contributed by atoms with Gasteiger partial charge in [-0.3, -0.25) is 0 Å². The highest BCUT2D eigenvalue weighted by Crippen LogP contribution is 2.45. The Morgan fingerprint density at radius 1 is 1.47 bits per heavy atom. The topological polar surface area (TPSA) is 56.2 Å². The van der Waals surface area contributed by atoms with Crippen molar-refractivity contribution in [2.75, 3.05) is 6.54 Å². The van der Waals surface area contributed by atoms with E-state index < -0.39 is 0 Å². The first-order valence-corrected chi connectivity index (χ1v) is 5.75. The monoisotopic (exact) mass is 266 g/mol. The molecule has 0 radical (unpaired) electrons. The Hall–Kier alpha value is -0.940. The van der Waals surface area contributed by atoms with Crippen LogP contribution in [0.1, 0.15) is 18.7 Å². The highest BCUT2D eigenvalue weighted by Gasteiger charge is 2.46. The number of aromatic nitrogens is 3. The van der Waals surface area contributed by atoms with Gasteiger partial charge in [-0.15, -0.1) is 0 Å². The molecule has 0 spiro atoms. The van der Waals surface area contributed by atoms with Crippen LogP contribution in [0.25, 0.3) is 5.65 Å². The molecule has 1 aliphatic rings. The predicted octanol–water partition coefficient (Wildman–Crippen LogP) is 1.48. The van der Waals surface area contributed by atoms with Crippen LogP contribution in [0.15, 0.2) is 22.8 Å². The molecule has 78 valence electrons. The molecule has 0 aromatic carbocycles. The maximum absolute atomic E-state index is 5.75. The molecule has 15 heavy (non-hydrogen) atoms. The van der Waals surface area contributed by atoms with Crippen LogP contribution in [0.5, 0.6) is 0 Å². The maximum atomic E-state index is 5.75. The van der Waals surface area contributed by atoms with Gasteiger partial charge < -0.3 is 5.73 Å². The van der Waals surface area contributed by atoms with Crippen molar-refractivity contribution in [2.45, 2.75) is 18.3 Å². The van der Waals surface area contributed by atoms with Crippen LogP contribution in [-0.4, -0.2) is 21.1 Å². The van der Waals surface area contributed by atoms with E-state index in [0.717, 1.165) is 28.8 Å². The molecular weight excluding hydrogens is 256 g/mol. The summed E-state index contributed by atoms with van der Waals surface area (Å²) in [4.78, 5) is 4.51. The van der Waals surface area contributed by atoms with Crippen molar-refractivity contribution in [1.29, 1.82) is 0 Å². The minimum Gasteiger partial charge on any atom is -0.329 e.